The number of para-hydroxylation sites is 1. The summed E-state index contributed by atoms with van der Waals surface area (Å²) < 4.78 is 5.35. The molecule has 0 amide bonds. The van der Waals surface area contributed by atoms with Crippen LogP contribution in [0.25, 0.3) is 0 Å². The average molecular weight is 291 g/mol. The number of aliphatic hydroxyl groups excluding tert-OH is 1. The lowest BCUT2D eigenvalue weighted by Gasteiger charge is -2.24. The molecule has 3 heteroatoms. The number of nitrogens with zero attached hydrogens (tertiary/aromatic N) is 1. The summed E-state index contributed by atoms with van der Waals surface area (Å²) in [5.41, 5.74) is 0.893. The van der Waals surface area contributed by atoms with Crippen molar-refractivity contribution in [3.05, 3.63) is 29.8 Å². The van der Waals surface area contributed by atoms with Crippen molar-refractivity contribution < 1.29 is 9.84 Å². The third-order valence-electron chi connectivity index (χ3n) is 4.74. The molecule has 1 aliphatic heterocycles. The first-order valence-corrected chi connectivity index (χ1v) is 8.15. The highest BCUT2D eigenvalue weighted by molar-refractivity contribution is 5.35. The number of β-amino-alcohol motifs (C(OH)–C–C–N with tert-alkyl or cyclic N) is 1. The molecule has 1 aromatic rings. The Bertz CT molecular complexity index is 433. The lowest BCUT2D eigenvalue weighted by molar-refractivity contribution is 0.111. The molecule has 2 unspecified atom stereocenters. The summed E-state index contributed by atoms with van der Waals surface area (Å²) in [4.78, 5) is 2.40. The van der Waals surface area contributed by atoms with Gasteiger partial charge in [-0.25, -0.2) is 0 Å². The predicted molar refractivity (Wildman–Crippen MR) is 86.6 cm³/mol. The van der Waals surface area contributed by atoms with E-state index >= 15 is 0 Å². The Balaban J connectivity index is 1.95. The minimum Gasteiger partial charge on any atom is -0.496 e. The van der Waals surface area contributed by atoms with Gasteiger partial charge in [0.15, 0.2) is 0 Å². The normalized spacial score (nSPS) is 22.0. The molecule has 21 heavy (non-hydrogen) atoms. The minimum absolute atomic E-state index is 0.475. The van der Waals surface area contributed by atoms with Crippen molar-refractivity contribution in [3.63, 3.8) is 0 Å². The van der Waals surface area contributed by atoms with E-state index < -0.39 is 6.10 Å². The second-order valence-electron chi connectivity index (χ2n) is 6.49. The molecule has 2 rings (SSSR count). The van der Waals surface area contributed by atoms with Crippen molar-refractivity contribution in [3.8, 4) is 5.75 Å². The van der Waals surface area contributed by atoms with E-state index in [-0.39, 0.29) is 0 Å². The number of rotatable bonds is 5. The molecule has 118 valence electrons. The number of benzene rings is 1. The standard InChI is InChI=1S/C18H29NO2/c1-14(2)15-7-6-11-19(12-10-15)13-17(20)16-8-4-5-9-18(16)21-3/h4-5,8-9,14-15,17,20H,6-7,10-13H2,1-3H3. The van der Waals surface area contributed by atoms with Crippen LogP contribution < -0.4 is 4.74 Å². The Morgan fingerprint density at radius 2 is 2.00 bits per heavy atom. The summed E-state index contributed by atoms with van der Waals surface area (Å²) in [5, 5.41) is 10.5. The highest BCUT2D eigenvalue weighted by atomic mass is 16.5. The van der Waals surface area contributed by atoms with Crippen LogP contribution in [0, 0.1) is 11.8 Å². The van der Waals surface area contributed by atoms with Gasteiger partial charge in [0.1, 0.15) is 5.75 Å². The van der Waals surface area contributed by atoms with Crippen molar-refractivity contribution in [2.24, 2.45) is 11.8 Å². The van der Waals surface area contributed by atoms with E-state index in [1.807, 2.05) is 24.3 Å². The molecule has 2 atom stereocenters. The quantitative estimate of drug-likeness (QED) is 0.901. The van der Waals surface area contributed by atoms with E-state index in [9.17, 15) is 5.11 Å². The Kier molecular flexibility index (Phi) is 6.07. The third kappa shape index (κ3) is 4.45. The van der Waals surface area contributed by atoms with Crippen LogP contribution in [-0.2, 0) is 0 Å². The maximum absolute atomic E-state index is 10.5. The van der Waals surface area contributed by atoms with Crippen LogP contribution in [0.4, 0.5) is 0 Å². The number of ether oxygens (including phenoxy) is 1. The van der Waals surface area contributed by atoms with Gasteiger partial charge < -0.3 is 14.7 Å². The van der Waals surface area contributed by atoms with Crippen LogP contribution in [0.15, 0.2) is 24.3 Å². The molecule has 1 aromatic carbocycles. The van der Waals surface area contributed by atoms with Gasteiger partial charge in [0, 0.05) is 12.1 Å². The number of methoxy groups -OCH3 is 1. The fraction of sp³-hybridized carbons (Fsp3) is 0.667. The van der Waals surface area contributed by atoms with Crippen molar-refractivity contribution in [1.29, 1.82) is 0 Å². The number of likely N-dealkylation sites (tertiary alicyclic amines) is 1. The molecule has 0 saturated carbocycles. The highest BCUT2D eigenvalue weighted by Gasteiger charge is 2.22. The van der Waals surface area contributed by atoms with Crippen LogP contribution in [0.3, 0.4) is 0 Å². The molecule has 0 radical (unpaired) electrons. The van der Waals surface area contributed by atoms with Crippen LogP contribution in [0.5, 0.6) is 5.75 Å². The third-order valence-corrected chi connectivity index (χ3v) is 4.74. The zero-order chi connectivity index (χ0) is 15.2. The Hall–Kier alpha value is -1.06. The monoisotopic (exact) mass is 291 g/mol. The maximum Gasteiger partial charge on any atom is 0.124 e. The van der Waals surface area contributed by atoms with Gasteiger partial charge in [0.2, 0.25) is 0 Å². The zero-order valence-corrected chi connectivity index (χ0v) is 13.6. The smallest absolute Gasteiger partial charge is 0.124 e. The SMILES string of the molecule is COc1ccccc1C(O)CN1CCCC(C(C)C)CC1. The lowest BCUT2D eigenvalue weighted by atomic mass is 9.89. The van der Waals surface area contributed by atoms with E-state index in [1.165, 1.54) is 19.3 Å². The van der Waals surface area contributed by atoms with Crippen LogP contribution >= 0.6 is 0 Å². The highest BCUT2D eigenvalue weighted by Crippen LogP contribution is 2.28. The Morgan fingerprint density at radius 1 is 1.24 bits per heavy atom. The van der Waals surface area contributed by atoms with Crippen molar-refractivity contribution in [2.45, 2.75) is 39.2 Å². The summed E-state index contributed by atoms with van der Waals surface area (Å²) in [6, 6.07) is 7.76. The van der Waals surface area contributed by atoms with Gasteiger partial charge in [-0.05, 0) is 50.3 Å². The average Bonchev–Trinajstić information content (AvgIpc) is 2.72. The van der Waals surface area contributed by atoms with Crippen LogP contribution in [0.2, 0.25) is 0 Å². The first kappa shape index (κ1) is 16.3. The predicted octanol–water partition coefficient (Wildman–Crippen LogP) is 3.49. The topological polar surface area (TPSA) is 32.7 Å². The fourth-order valence-electron chi connectivity index (χ4n) is 3.32. The van der Waals surface area contributed by atoms with E-state index in [1.54, 1.807) is 7.11 Å². The molecule has 1 saturated heterocycles. The molecule has 1 N–H and O–H groups in total. The second kappa shape index (κ2) is 7.81. The van der Waals surface area contributed by atoms with Crippen molar-refractivity contribution >= 4 is 0 Å². The largest absolute Gasteiger partial charge is 0.496 e. The zero-order valence-electron chi connectivity index (χ0n) is 13.6. The summed E-state index contributed by atoms with van der Waals surface area (Å²) in [6.45, 7) is 7.53. The van der Waals surface area contributed by atoms with Gasteiger partial charge in [-0.1, -0.05) is 32.0 Å². The van der Waals surface area contributed by atoms with E-state index in [2.05, 4.69) is 18.7 Å². The molecular formula is C18H29NO2. The minimum atomic E-state index is -0.475. The summed E-state index contributed by atoms with van der Waals surface area (Å²) in [6.07, 6.45) is 3.33. The fourth-order valence-corrected chi connectivity index (χ4v) is 3.32. The lowest BCUT2D eigenvalue weighted by Crippen LogP contribution is -2.30. The van der Waals surface area contributed by atoms with E-state index in [0.29, 0.717) is 6.54 Å². The Morgan fingerprint density at radius 3 is 2.71 bits per heavy atom. The molecule has 0 aromatic heterocycles. The maximum atomic E-state index is 10.5. The molecule has 1 aliphatic rings. The summed E-state index contributed by atoms with van der Waals surface area (Å²) >= 11 is 0. The molecule has 0 bridgehead atoms. The van der Waals surface area contributed by atoms with Crippen molar-refractivity contribution in [2.75, 3.05) is 26.7 Å². The Labute approximate surface area is 128 Å². The van der Waals surface area contributed by atoms with Gasteiger partial charge in [0.05, 0.1) is 13.2 Å². The molecule has 0 aliphatic carbocycles. The van der Waals surface area contributed by atoms with E-state index in [0.717, 1.165) is 36.2 Å². The van der Waals surface area contributed by atoms with Gasteiger partial charge in [-0.2, -0.15) is 0 Å². The second-order valence-corrected chi connectivity index (χ2v) is 6.49. The summed E-state index contributed by atoms with van der Waals surface area (Å²) in [5.74, 6) is 2.38. The van der Waals surface area contributed by atoms with Gasteiger partial charge in [-0.3, -0.25) is 0 Å². The van der Waals surface area contributed by atoms with Gasteiger partial charge >= 0.3 is 0 Å². The number of hydrogen-bond acceptors (Lipinski definition) is 3. The molecule has 0 spiro atoms. The number of aliphatic hydroxyl groups is 1. The van der Waals surface area contributed by atoms with Gasteiger partial charge in [0.25, 0.3) is 0 Å². The van der Waals surface area contributed by atoms with Crippen molar-refractivity contribution in [1.82, 2.24) is 4.90 Å². The molecule has 1 heterocycles. The van der Waals surface area contributed by atoms with Crippen LogP contribution in [0.1, 0.15) is 44.8 Å². The van der Waals surface area contributed by atoms with Gasteiger partial charge in [-0.15, -0.1) is 0 Å². The number of hydrogen-bond donors (Lipinski definition) is 1. The first-order chi connectivity index (χ1) is 10.1. The molecule has 1 fully saturated rings. The first-order valence-electron chi connectivity index (χ1n) is 8.15. The van der Waals surface area contributed by atoms with E-state index in [4.69, 9.17) is 4.74 Å². The molecular weight excluding hydrogens is 262 g/mol. The van der Waals surface area contributed by atoms with Crippen LogP contribution in [-0.4, -0.2) is 36.8 Å². The molecule has 3 nitrogen and oxygen atoms in total. The summed E-state index contributed by atoms with van der Waals surface area (Å²) in [7, 11) is 1.66.